The third-order valence-corrected chi connectivity index (χ3v) is 3.75. The molecule has 0 aliphatic heterocycles. The van der Waals surface area contributed by atoms with Crippen molar-refractivity contribution >= 4 is 22.6 Å². The molecule has 0 aliphatic carbocycles. The smallest absolute Gasteiger partial charge is 0.416 e. The molecule has 0 saturated carbocycles. The number of rotatable bonds is 4. The summed E-state index contributed by atoms with van der Waals surface area (Å²) in [5.74, 6) is -0.305. The molecule has 1 heterocycles. The van der Waals surface area contributed by atoms with E-state index in [9.17, 15) is 18.0 Å². The largest absolute Gasteiger partial charge is 0.490 e. The summed E-state index contributed by atoms with van der Waals surface area (Å²) >= 11 is 0. The Balaban J connectivity index is 1.95. The highest BCUT2D eigenvalue weighted by molar-refractivity contribution is 6.05. The molecule has 2 N–H and O–H groups in total. The lowest BCUT2D eigenvalue weighted by Crippen LogP contribution is -2.21. The minimum atomic E-state index is -4.52. The SMILES string of the molecule is CCOc1cccc2cc(C(=O)Nc3cccc(C(F)(F)F)c3)c(=N)oc12. The summed E-state index contributed by atoms with van der Waals surface area (Å²) < 4.78 is 49.2. The highest BCUT2D eigenvalue weighted by Crippen LogP contribution is 2.31. The molecule has 0 spiro atoms. The number of fused-ring (bicyclic) bond motifs is 1. The van der Waals surface area contributed by atoms with Crippen LogP contribution in [0.25, 0.3) is 11.0 Å². The molecule has 27 heavy (non-hydrogen) atoms. The lowest BCUT2D eigenvalue weighted by Gasteiger charge is -2.11. The number of anilines is 1. The summed E-state index contributed by atoms with van der Waals surface area (Å²) in [6, 6.07) is 10.8. The van der Waals surface area contributed by atoms with Crippen molar-refractivity contribution in [1.29, 1.82) is 5.41 Å². The topological polar surface area (TPSA) is 75.3 Å². The Kier molecular flexibility index (Phi) is 4.89. The van der Waals surface area contributed by atoms with E-state index in [0.29, 0.717) is 23.3 Å². The number of alkyl halides is 3. The normalized spacial score (nSPS) is 11.4. The van der Waals surface area contributed by atoms with E-state index in [1.165, 1.54) is 18.2 Å². The first-order valence-corrected chi connectivity index (χ1v) is 8.02. The van der Waals surface area contributed by atoms with Crippen molar-refractivity contribution < 1.29 is 27.1 Å². The summed E-state index contributed by atoms with van der Waals surface area (Å²) in [4.78, 5) is 12.4. The Morgan fingerprint density at radius 2 is 1.93 bits per heavy atom. The van der Waals surface area contributed by atoms with Crippen molar-refractivity contribution in [2.75, 3.05) is 11.9 Å². The van der Waals surface area contributed by atoms with Gasteiger partial charge >= 0.3 is 6.18 Å². The average Bonchev–Trinajstić information content (AvgIpc) is 2.61. The Hall–Kier alpha value is -3.29. The fourth-order valence-electron chi connectivity index (χ4n) is 2.54. The van der Waals surface area contributed by atoms with Gasteiger partial charge in [-0.3, -0.25) is 10.2 Å². The molecule has 0 unspecified atom stereocenters. The minimum Gasteiger partial charge on any atom is -0.490 e. The number of halogens is 3. The molecular weight excluding hydrogens is 361 g/mol. The monoisotopic (exact) mass is 376 g/mol. The van der Waals surface area contributed by atoms with Crippen LogP contribution < -0.4 is 15.6 Å². The number of carbonyl (C=O) groups excluding carboxylic acids is 1. The molecule has 3 rings (SSSR count). The van der Waals surface area contributed by atoms with Crippen LogP contribution >= 0.6 is 0 Å². The van der Waals surface area contributed by atoms with Gasteiger partial charge in [-0.15, -0.1) is 0 Å². The highest BCUT2D eigenvalue weighted by Gasteiger charge is 2.30. The molecule has 0 fully saturated rings. The maximum absolute atomic E-state index is 12.8. The van der Waals surface area contributed by atoms with Gasteiger partial charge in [-0.05, 0) is 37.3 Å². The van der Waals surface area contributed by atoms with Gasteiger partial charge in [0, 0.05) is 11.1 Å². The minimum absolute atomic E-state index is 0.0302. The van der Waals surface area contributed by atoms with Crippen LogP contribution in [0.15, 0.2) is 52.9 Å². The predicted molar refractivity (Wildman–Crippen MR) is 92.6 cm³/mol. The molecule has 0 atom stereocenters. The quantitative estimate of drug-likeness (QED) is 0.700. The molecule has 1 amide bonds. The molecule has 0 bridgehead atoms. The molecule has 1 aromatic heterocycles. The zero-order chi connectivity index (χ0) is 19.6. The van der Waals surface area contributed by atoms with E-state index in [4.69, 9.17) is 14.6 Å². The van der Waals surface area contributed by atoms with Crippen LogP contribution in [0.3, 0.4) is 0 Å². The number of benzene rings is 2. The van der Waals surface area contributed by atoms with Gasteiger partial charge in [0.1, 0.15) is 5.56 Å². The van der Waals surface area contributed by atoms with Gasteiger partial charge in [0.25, 0.3) is 5.91 Å². The Morgan fingerprint density at radius 1 is 1.19 bits per heavy atom. The number of para-hydroxylation sites is 1. The predicted octanol–water partition coefficient (Wildman–Crippen LogP) is 4.58. The maximum atomic E-state index is 12.8. The molecule has 0 saturated heterocycles. The van der Waals surface area contributed by atoms with Crippen LogP contribution in [0.2, 0.25) is 0 Å². The van der Waals surface area contributed by atoms with Gasteiger partial charge in [-0.25, -0.2) is 0 Å². The molecule has 3 aromatic rings. The summed E-state index contributed by atoms with van der Waals surface area (Å²) in [6.07, 6.45) is -4.52. The van der Waals surface area contributed by atoms with E-state index >= 15 is 0 Å². The van der Waals surface area contributed by atoms with Gasteiger partial charge in [-0.2, -0.15) is 13.2 Å². The van der Waals surface area contributed by atoms with E-state index in [2.05, 4.69) is 5.32 Å². The zero-order valence-corrected chi connectivity index (χ0v) is 14.2. The van der Waals surface area contributed by atoms with E-state index in [-0.39, 0.29) is 11.3 Å². The van der Waals surface area contributed by atoms with Gasteiger partial charge < -0.3 is 14.5 Å². The highest BCUT2D eigenvalue weighted by atomic mass is 19.4. The first kappa shape index (κ1) is 18.5. The van der Waals surface area contributed by atoms with Gasteiger partial charge in [0.05, 0.1) is 12.2 Å². The first-order chi connectivity index (χ1) is 12.8. The Morgan fingerprint density at radius 3 is 2.63 bits per heavy atom. The lowest BCUT2D eigenvalue weighted by atomic mass is 10.1. The summed E-state index contributed by atoms with van der Waals surface area (Å²) in [5.41, 5.74) is -1.11. The third-order valence-electron chi connectivity index (χ3n) is 3.75. The number of hydrogen-bond donors (Lipinski definition) is 2. The number of hydrogen-bond acceptors (Lipinski definition) is 4. The number of ether oxygens (including phenoxy) is 1. The summed E-state index contributed by atoms with van der Waals surface area (Å²) in [5, 5.41) is 10.9. The second-order valence-corrected chi connectivity index (χ2v) is 5.63. The molecule has 0 radical (unpaired) electrons. The van der Waals surface area contributed by atoms with Crippen molar-refractivity contribution in [2.45, 2.75) is 13.1 Å². The van der Waals surface area contributed by atoms with Crippen LogP contribution in [0, 0.1) is 5.41 Å². The van der Waals surface area contributed by atoms with Gasteiger partial charge in [0.2, 0.25) is 5.55 Å². The molecule has 2 aromatic carbocycles. The van der Waals surface area contributed by atoms with Crippen LogP contribution in [0.5, 0.6) is 5.75 Å². The van der Waals surface area contributed by atoms with Crippen LogP contribution in [0.1, 0.15) is 22.8 Å². The third kappa shape index (κ3) is 3.94. The second-order valence-electron chi connectivity index (χ2n) is 5.63. The molecule has 5 nitrogen and oxygen atoms in total. The van der Waals surface area contributed by atoms with Crippen molar-refractivity contribution in [3.05, 3.63) is 65.2 Å². The molecular formula is C19H15F3N2O3. The number of nitrogens with one attached hydrogen (secondary N) is 2. The molecule has 140 valence electrons. The lowest BCUT2D eigenvalue weighted by molar-refractivity contribution is -0.137. The molecule has 0 aliphatic rings. The van der Waals surface area contributed by atoms with Gasteiger partial charge in [0.15, 0.2) is 11.3 Å². The van der Waals surface area contributed by atoms with Crippen LogP contribution in [0.4, 0.5) is 18.9 Å². The Bertz CT molecular complexity index is 1060. The van der Waals surface area contributed by atoms with Crippen LogP contribution in [-0.2, 0) is 6.18 Å². The molecule has 8 heteroatoms. The van der Waals surface area contributed by atoms with E-state index < -0.39 is 23.2 Å². The van der Waals surface area contributed by atoms with E-state index in [1.54, 1.807) is 25.1 Å². The summed E-state index contributed by atoms with van der Waals surface area (Å²) in [7, 11) is 0. The van der Waals surface area contributed by atoms with E-state index in [0.717, 1.165) is 12.1 Å². The van der Waals surface area contributed by atoms with Crippen molar-refractivity contribution in [3.8, 4) is 5.75 Å². The number of amides is 1. The van der Waals surface area contributed by atoms with Crippen molar-refractivity contribution in [2.24, 2.45) is 0 Å². The fourth-order valence-corrected chi connectivity index (χ4v) is 2.54. The zero-order valence-electron chi connectivity index (χ0n) is 14.2. The number of carbonyl (C=O) groups is 1. The average molecular weight is 376 g/mol. The standard InChI is InChI=1S/C19H15F3N2O3/c1-2-26-15-8-3-5-11-9-14(17(23)27-16(11)15)18(25)24-13-7-4-6-12(10-13)19(20,21)22/h3-10,23H,2H2,1H3,(H,24,25). The second kappa shape index (κ2) is 7.14. The first-order valence-electron chi connectivity index (χ1n) is 8.02. The van der Waals surface area contributed by atoms with Crippen molar-refractivity contribution in [3.63, 3.8) is 0 Å². The Labute approximate surface area is 151 Å². The van der Waals surface area contributed by atoms with Gasteiger partial charge in [-0.1, -0.05) is 18.2 Å². The van der Waals surface area contributed by atoms with Crippen LogP contribution in [-0.4, -0.2) is 12.5 Å². The van der Waals surface area contributed by atoms with Crippen molar-refractivity contribution in [1.82, 2.24) is 0 Å². The van der Waals surface area contributed by atoms with E-state index in [1.807, 2.05) is 0 Å². The fraction of sp³-hybridized carbons (Fsp3) is 0.158. The summed E-state index contributed by atoms with van der Waals surface area (Å²) in [6.45, 7) is 2.21. The maximum Gasteiger partial charge on any atom is 0.416 e.